The van der Waals surface area contributed by atoms with Gasteiger partial charge in [0, 0.05) is 5.92 Å². The number of carbonyl (C=O) groups is 2. The molecule has 0 spiro atoms. The zero-order valence-corrected chi connectivity index (χ0v) is 9.46. The third kappa shape index (κ3) is 2.91. The van der Waals surface area contributed by atoms with Gasteiger partial charge in [-0.15, -0.1) is 0 Å². The number of hydrogen-bond donors (Lipinski definition) is 0. The zero-order chi connectivity index (χ0) is 14.2. The second-order valence-corrected chi connectivity index (χ2v) is 4.19. The van der Waals surface area contributed by atoms with Gasteiger partial charge >= 0.3 is 18.1 Å². The Kier molecular flexibility index (Phi) is 3.30. The minimum atomic E-state index is -4.64. The maximum absolute atomic E-state index is 13.7. The fraction of sp³-hybridized carbons (Fsp3) is 0.333. The maximum atomic E-state index is 13.7. The average Bonchev–Trinajstić information content (AvgIpc) is 2.26. The quantitative estimate of drug-likeness (QED) is 0.450. The Labute approximate surface area is 105 Å². The fourth-order valence-electron chi connectivity index (χ4n) is 1.94. The molecular weight excluding hydrogens is 268 g/mol. The minimum absolute atomic E-state index is 0.0852. The summed E-state index contributed by atoms with van der Waals surface area (Å²) in [6.07, 6.45) is -5.09. The van der Waals surface area contributed by atoms with E-state index in [0.717, 1.165) is 12.1 Å². The van der Waals surface area contributed by atoms with Gasteiger partial charge in [-0.1, -0.05) is 6.07 Å². The van der Waals surface area contributed by atoms with Gasteiger partial charge in [0.1, 0.15) is 5.82 Å². The van der Waals surface area contributed by atoms with Crippen LogP contribution in [0.4, 0.5) is 17.6 Å². The Balaban J connectivity index is 2.31. The lowest BCUT2D eigenvalue weighted by Gasteiger charge is -2.21. The second kappa shape index (κ2) is 4.64. The summed E-state index contributed by atoms with van der Waals surface area (Å²) in [4.78, 5) is 22.1. The molecule has 1 saturated heterocycles. The van der Waals surface area contributed by atoms with Gasteiger partial charge < -0.3 is 4.74 Å². The van der Waals surface area contributed by atoms with Crippen molar-refractivity contribution in [1.29, 1.82) is 0 Å². The van der Waals surface area contributed by atoms with Crippen LogP contribution in [0.5, 0.6) is 0 Å². The van der Waals surface area contributed by atoms with Crippen molar-refractivity contribution in [1.82, 2.24) is 0 Å². The van der Waals surface area contributed by atoms with Crippen molar-refractivity contribution in [2.24, 2.45) is 0 Å². The minimum Gasteiger partial charge on any atom is -0.393 e. The molecule has 1 aromatic carbocycles. The van der Waals surface area contributed by atoms with E-state index in [0.29, 0.717) is 6.07 Å². The van der Waals surface area contributed by atoms with Gasteiger partial charge in [0.05, 0.1) is 18.4 Å². The van der Waals surface area contributed by atoms with E-state index in [2.05, 4.69) is 4.74 Å². The average molecular weight is 276 g/mol. The van der Waals surface area contributed by atoms with Crippen molar-refractivity contribution in [3.05, 3.63) is 35.1 Å². The van der Waals surface area contributed by atoms with Crippen molar-refractivity contribution in [2.45, 2.75) is 24.9 Å². The standard InChI is InChI=1S/C12H8F4O3/c13-9-5-7(12(14,15)16)1-2-8(9)6-3-10(17)19-11(18)4-6/h1-2,5-6H,3-4H2. The fourth-order valence-corrected chi connectivity index (χ4v) is 1.94. The molecule has 0 N–H and O–H groups in total. The van der Waals surface area contributed by atoms with Crippen LogP contribution in [0.3, 0.4) is 0 Å². The normalized spacial score (nSPS) is 17.5. The summed E-state index contributed by atoms with van der Waals surface area (Å²) in [5.74, 6) is -3.47. The van der Waals surface area contributed by atoms with Gasteiger partial charge in [-0.3, -0.25) is 9.59 Å². The molecule has 7 heteroatoms. The Morgan fingerprint density at radius 3 is 2.16 bits per heavy atom. The largest absolute Gasteiger partial charge is 0.416 e. The van der Waals surface area contributed by atoms with Gasteiger partial charge in [0.2, 0.25) is 0 Å². The lowest BCUT2D eigenvalue weighted by molar-refractivity contribution is -0.164. The molecule has 0 saturated carbocycles. The van der Waals surface area contributed by atoms with E-state index < -0.39 is 35.4 Å². The molecule has 19 heavy (non-hydrogen) atoms. The summed E-state index contributed by atoms with van der Waals surface area (Å²) in [7, 11) is 0. The van der Waals surface area contributed by atoms with Crippen molar-refractivity contribution in [2.75, 3.05) is 0 Å². The second-order valence-electron chi connectivity index (χ2n) is 4.19. The Morgan fingerprint density at radius 2 is 1.68 bits per heavy atom. The van der Waals surface area contributed by atoms with Gasteiger partial charge in [-0.25, -0.2) is 4.39 Å². The predicted molar refractivity (Wildman–Crippen MR) is 54.5 cm³/mol. The molecule has 102 valence electrons. The van der Waals surface area contributed by atoms with Crippen LogP contribution in [-0.2, 0) is 20.5 Å². The monoisotopic (exact) mass is 276 g/mol. The van der Waals surface area contributed by atoms with Gasteiger partial charge in [0.15, 0.2) is 0 Å². The van der Waals surface area contributed by atoms with Crippen LogP contribution in [0.25, 0.3) is 0 Å². The molecule has 0 radical (unpaired) electrons. The maximum Gasteiger partial charge on any atom is 0.416 e. The van der Waals surface area contributed by atoms with E-state index in [-0.39, 0.29) is 18.4 Å². The molecule has 1 heterocycles. The molecule has 3 nitrogen and oxygen atoms in total. The topological polar surface area (TPSA) is 43.4 Å². The first-order valence-electron chi connectivity index (χ1n) is 5.37. The molecule has 0 aromatic heterocycles. The molecule has 1 aliphatic rings. The number of benzene rings is 1. The summed E-state index contributed by atoms with van der Waals surface area (Å²) < 4.78 is 55.0. The summed E-state index contributed by atoms with van der Waals surface area (Å²) in [6.45, 7) is 0. The third-order valence-electron chi connectivity index (χ3n) is 2.82. The van der Waals surface area contributed by atoms with Gasteiger partial charge in [-0.2, -0.15) is 13.2 Å². The lowest BCUT2D eigenvalue weighted by atomic mass is 9.90. The number of cyclic esters (lactones) is 2. The van der Waals surface area contributed by atoms with Crippen molar-refractivity contribution in [3.8, 4) is 0 Å². The van der Waals surface area contributed by atoms with Crippen LogP contribution >= 0.6 is 0 Å². The molecule has 0 bridgehead atoms. The summed E-state index contributed by atoms with van der Waals surface area (Å²) >= 11 is 0. The highest BCUT2D eigenvalue weighted by Gasteiger charge is 2.34. The molecule has 1 fully saturated rings. The van der Waals surface area contributed by atoms with E-state index in [9.17, 15) is 27.2 Å². The number of ether oxygens (including phenoxy) is 1. The van der Waals surface area contributed by atoms with Crippen LogP contribution in [-0.4, -0.2) is 11.9 Å². The summed E-state index contributed by atoms with van der Waals surface area (Å²) in [5.41, 5.74) is -1.20. The molecule has 1 aromatic rings. The summed E-state index contributed by atoms with van der Waals surface area (Å²) in [5, 5.41) is 0. The molecule has 1 aliphatic heterocycles. The first kappa shape index (κ1) is 13.5. The predicted octanol–water partition coefficient (Wildman–Crippen LogP) is 2.79. The van der Waals surface area contributed by atoms with Crippen molar-refractivity contribution >= 4 is 11.9 Å². The highest BCUT2D eigenvalue weighted by atomic mass is 19.4. The molecule has 0 amide bonds. The van der Waals surface area contributed by atoms with E-state index in [4.69, 9.17) is 0 Å². The number of halogens is 4. The number of carbonyl (C=O) groups excluding carboxylic acids is 2. The van der Waals surface area contributed by atoms with Crippen LogP contribution in [0.1, 0.15) is 29.9 Å². The first-order valence-corrected chi connectivity index (χ1v) is 5.37. The molecule has 0 atom stereocenters. The van der Waals surface area contributed by atoms with Crippen molar-refractivity contribution in [3.63, 3.8) is 0 Å². The summed E-state index contributed by atoms with van der Waals surface area (Å²) in [6, 6.07) is 2.04. The van der Waals surface area contributed by atoms with Gasteiger partial charge in [0.25, 0.3) is 0 Å². The molecule has 0 unspecified atom stereocenters. The first-order chi connectivity index (χ1) is 8.77. The van der Waals surface area contributed by atoms with E-state index in [1.807, 2.05) is 0 Å². The SMILES string of the molecule is O=C1CC(c2ccc(C(F)(F)F)cc2F)CC(=O)O1. The highest BCUT2D eigenvalue weighted by Crippen LogP contribution is 2.34. The molecular formula is C12H8F4O3. The zero-order valence-electron chi connectivity index (χ0n) is 9.46. The third-order valence-corrected chi connectivity index (χ3v) is 2.82. The van der Waals surface area contributed by atoms with E-state index in [1.54, 1.807) is 0 Å². The van der Waals surface area contributed by atoms with E-state index >= 15 is 0 Å². The molecule has 0 aliphatic carbocycles. The van der Waals surface area contributed by atoms with Crippen LogP contribution in [0.2, 0.25) is 0 Å². The number of rotatable bonds is 1. The van der Waals surface area contributed by atoms with Crippen LogP contribution in [0, 0.1) is 5.82 Å². The number of alkyl halides is 3. The lowest BCUT2D eigenvalue weighted by Crippen LogP contribution is -2.24. The number of esters is 2. The Hall–Kier alpha value is -1.92. The Bertz CT molecular complexity index is 520. The smallest absolute Gasteiger partial charge is 0.393 e. The van der Waals surface area contributed by atoms with Crippen molar-refractivity contribution < 1.29 is 31.9 Å². The van der Waals surface area contributed by atoms with Crippen LogP contribution < -0.4 is 0 Å². The van der Waals surface area contributed by atoms with Gasteiger partial charge in [-0.05, 0) is 17.7 Å². The van der Waals surface area contributed by atoms with E-state index in [1.165, 1.54) is 0 Å². The highest BCUT2D eigenvalue weighted by molar-refractivity contribution is 5.89. The van der Waals surface area contributed by atoms with Crippen LogP contribution in [0.15, 0.2) is 18.2 Å². The Morgan fingerprint density at radius 1 is 1.11 bits per heavy atom. The number of hydrogen-bond acceptors (Lipinski definition) is 3. The molecule has 2 rings (SSSR count).